The van der Waals surface area contributed by atoms with Gasteiger partial charge in [-0.2, -0.15) is 4.31 Å². The van der Waals surface area contributed by atoms with Crippen LogP contribution >= 0.6 is 0 Å². The topological polar surface area (TPSA) is 86.1 Å². The molecular weight excluding hydrogens is 418 g/mol. The summed E-state index contributed by atoms with van der Waals surface area (Å²) in [5.74, 6) is 1.47. The van der Waals surface area contributed by atoms with E-state index in [0.717, 1.165) is 0 Å². The minimum Gasteiger partial charge on any atom is -0.496 e. The quantitative estimate of drug-likeness (QED) is 0.435. The van der Waals surface area contributed by atoms with Crippen LogP contribution in [0, 0.1) is 0 Å². The van der Waals surface area contributed by atoms with Crippen LogP contribution in [0.4, 0.5) is 0 Å². The molecule has 1 heterocycles. The molecule has 8 heteroatoms. The Bertz CT molecular complexity index is 1120. The number of carbonyl (C=O) groups excluding carboxylic acids is 1. The van der Waals surface area contributed by atoms with E-state index < -0.39 is 10.0 Å². The first-order valence-corrected chi connectivity index (χ1v) is 11.2. The summed E-state index contributed by atoms with van der Waals surface area (Å²) in [6.07, 6.45) is 1.49. The van der Waals surface area contributed by atoms with E-state index in [0.29, 0.717) is 35.0 Å². The predicted octanol–water partition coefficient (Wildman–Crippen LogP) is 4.28. The van der Waals surface area contributed by atoms with E-state index in [-0.39, 0.29) is 23.8 Å². The fraction of sp³-hybridized carbons (Fsp3) is 0.261. The van der Waals surface area contributed by atoms with Crippen molar-refractivity contribution in [1.29, 1.82) is 0 Å². The number of ether oxygens (including phenoxy) is 2. The van der Waals surface area contributed by atoms with Crippen molar-refractivity contribution in [1.82, 2.24) is 4.31 Å². The fourth-order valence-electron chi connectivity index (χ4n) is 3.14. The summed E-state index contributed by atoms with van der Waals surface area (Å²) in [7, 11) is -2.38. The minimum absolute atomic E-state index is 0.000534. The lowest BCUT2D eigenvalue weighted by Crippen LogP contribution is -2.30. The molecule has 2 aromatic carbocycles. The molecule has 0 N–H and O–H groups in total. The molecule has 164 valence electrons. The van der Waals surface area contributed by atoms with Crippen LogP contribution in [0.3, 0.4) is 0 Å². The molecule has 0 radical (unpaired) electrons. The molecule has 0 saturated carbocycles. The Hall–Kier alpha value is -3.10. The predicted molar refractivity (Wildman–Crippen MR) is 116 cm³/mol. The van der Waals surface area contributed by atoms with Crippen LogP contribution in [0.1, 0.15) is 35.5 Å². The molecule has 0 amide bonds. The standard InChI is InChI=1S/C23H25NO6S/c1-4-29-20-8-10-22(11-9-20)31(26,27)24(16-21-6-5-13-30-21)15-19-14-18(17(2)25)7-12-23(19)28-3/h5-14H,4,15-16H2,1-3H3. The average Bonchev–Trinajstić information content (AvgIpc) is 3.27. The molecule has 0 spiro atoms. The van der Waals surface area contributed by atoms with E-state index in [9.17, 15) is 13.2 Å². The highest BCUT2D eigenvalue weighted by molar-refractivity contribution is 7.89. The van der Waals surface area contributed by atoms with E-state index in [1.165, 1.54) is 36.7 Å². The second-order valence-corrected chi connectivity index (χ2v) is 8.78. The van der Waals surface area contributed by atoms with Gasteiger partial charge in [0.2, 0.25) is 10.0 Å². The van der Waals surface area contributed by atoms with Crippen molar-refractivity contribution >= 4 is 15.8 Å². The van der Waals surface area contributed by atoms with Gasteiger partial charge in [-0.15, -0.1) is 0 Å². The first-order chi connectivity index (χ1) is 14.8. The summed E-state index contributed by atoms with van der Waals surface area (Å²) >= 11 is 0. The van der Waals surface area contributed by atoms with Gasteiger partial charge in [-0.25, -0.2) is 8.42 Å². The Morgan fingerprint density at radius 3 is 2.39 bits per heavy atom. The van der Waals surface area contributed by atoms with E-state index in [1.54, 1.807) is 42.5 Å². The Kier molecular flexibility index (Phi) is 7.14. The van der Waals surface area contributed by atoms with Gasteiger partial charge in [0.05, 0.1) is 31.4 Å². The Balaban J connectivity index is 2.00. The number of furan rings is 1. The number of Topliss-reactive ketones (excluding diaryl/α,β-unsaturated/α-hetero) is 1. The van der Waals surface area contributed by atoms with Gasteiger partial charge in [-0.05, 0) is 68.4 Å². The molecule has 0 fully saturated rings. The highest BCUT2D eigenvalue weighted by Crippen LogP contribution is 2.27. The van der Waals surface area contributed by atoms with Crippen molar-refractivity contribution in [2.45, 2.75) is 31.8 Å². The van der Waals surface area contributed by atoms with Crippen molar-refractivity contribution in [3.63, 3.8) is 0 Å². The highest BCUT2D eigenvalue weighted by Gasteiger charge is 2.27. The largest absolute Gasteiger partial charge is 0.496 e. The van der Waals surface area contributed by atoms with Gasteiger partial charge < -0.3 is 13.9 Å². The molecule has 0 aliphatic rings. The van der Waals surface area contributed by atoms with E-state index in [1.807, 2.05) is 6.92 Å². The number of ketones is 1. The van der Waals surface area contributed by atoms with Crippen LogP contribution in [-0.4, -0.2) is 32.2 Å². The normalized spacial score (nSPS) is 11.5. The molecule has 3 aromatic rings. The van der Waals surface area contributed by atoms with E-state index in [2.05, 4.69) is 0 Å². The zero-order valence-electron chi connectivity index (χ0n) is 17.7. The van der Waals surface area contributed by atoms with Crippen LogP contribution < -0.4 is 9.47 Å². The smallest absolute Gasteiger partial charge is 0.243 e. The van der Waals surface area contributed by atoms with Crippen LogP contribution in [0.5, 0.6) is 11.5 Å². The molecule has 0 aliphatic carbocycles. The summed E-state index contributed by atoms with van der Waals surface area (Å²) in [6, 6.07) is 14.7. The number of hydrogen-bond donors (Lipinski definition) is 0. The number of carbonyl (C=O) groups is 1. The SMILES string of the molecule is CCOc1ccc(S(=O)(=O)N(Cc2ccco2)Cc2cc(C(C)=O)ccc2OC)cc1. The maximum Gasteiger partial charge on any atom is 0.243 e. The van der Waals surface area contributed by atoms with Crippen LogP contribution in [-0.2, 0) is 23.1 Å². The summed E-state index contributed by atoms with van der Waals surface area (Å²) in [5, 5.41) is 0. The summed E-state index contributed by atoms with van der Waals surface area (Å²) < 4.78 is 44.5. The summed E-state index contributed by atoms with van der Waals surface area (Å²) in [5.41, 5.74) is 1.06. The maximum atomic E-state index is 13.5. The fourth-order valence-corrected chi connectivity index (χ4v) is 4.52. The first kappa shape index (κ1) is 22.6. The van der Waals surface area contributed by atoms with Gasteiger partial charge in [0.25, 0.3) is 0 Å². The minimum atomic E-state index is -3.89. The zero-order valence-corrected chi connectivity index (χ0v) is 18.5. The highest BCUT2D eigenvalue weighted by atomic mass is 32.2. The van der Waals surface area contributed by atoms with Gasteiger partial charge in [0.15, 0.2) is 5.78 Å². The molecule has 0 bridgehead atoms. The molecule has 3 rings (SSSR count). The molecule has 31 heavy (non-hydrogen) atoms. The summed E-state index contributed by atoms with van der Waals surface area (Å²) in [4.78, 5) is 12.0. The number of sulfonamides is 1. The average molecular weight is 444 g/mol. The lowest BCUT2D eigenvalue weighted by atomic mass is 10.1. The number of hydrogen-bond acceptors (Lipinski definition) is 6. The molecule has 0 atom stereocenters. The number of rotatable bonds is 10. The van der Waals surface area contributed by atoms with Gasteiger partial charge in [-0.1, -0.05) is 0 Å². The molecule has 0 aliphatic heterocycles. The Morgan fingerprint density at radius 1 is 1.06 bits per heavy atom. The maximum absolute atomic E-state index is 13.5. The number of methoxy groups -OCH3 is 1. The molecule has 0 unspecified atom stereocenters. The summed E-state index contributed by atoms with van der Waals surface area (Å²) in [6.45, 7) is 3.83. The second kappa shape index (κ2) is 9.80. The van der Waals surface area contributed by atoms with Crippen molar-refractivity contribution < 1.29 is 27.1 Å². The zero-order chi connectivity index (χ0) is 22.4. The van der Waals surface area contributed by atoms with E-state index in [4.69, 9.17) is 13.9 Å². The van der Waals surface area contributed by atoms with Gasteiger partial charge >= 0.3 is 0 Å². The lowest BCUT2D eigenvalue weighted by Gasteiger charge is -2.23. The van der Waals surface area contributed by atoms with Gasteiger partial charge in [-0.3, -0.25) is 4.79 Å². The lowest BCUT2D eigenvalue weighted by molar-refractivity contribution is 0.101. The van der Waals surface area contributed by atoms with Gasteiger partial charge in [0.1, 0.15) is 17.3 Å². The van der Waals surface area contributed by atoms with Crippen molar-refractivity contribution in [2.24, 2.45) is 0 Å². The Morgan fingerprint density at radius 2 is 1.81 bits per heavy atom. The third kappa shape index (κ3) is 5.34. The van der Waals surface area contributed by atoms with Crippen molar-refractivity contribution in [3.05, 3.63) is 77.7 Å². The van der Waals surface area contributed by atoms with Crippen LogP contribution in [0.15, 0.2) is 70.2 Å². The molecular formula is C23H25NO6S. The first-order valence-electron chi connectivity index (χ1n) is 9.78. The number of benzene rings is 2. The van der Waals surface area contributed by atoms with Crippen molar-refractivity contribution in [3.8, 4) is 11.5 Å². The number of nitrogens with zero attached hydrogens (tertiary/aromatic N) is 1. The van der Waals surface area contributed by atoms with Crippen molar-refractivity contribution in [2.75, 3.05) is 13.7 Å². The monoisotopic (exact) mass is 443 g/mol. The molecule has 7 nitrogen and oxygen atoms in total. The van der Waals surface area contributed by atoms with Gasteiger partial charge in [0, 0.05) is 17.7 Å². The Labute approximate surface area is 182 Å². The van der Waals surface area contributed by atoms with Crippen LogP contribution in [0.25, 0.3) is 0 Å². The van der Waals surface area contributed by atoms with Crippen LogP contribution in [0.2, 0.25) is 0 Å². The molecule has 1 aromatic heterocycles. The third-order valence-electron chi connectivity index (χ3n) is 4.72. The van der Waals surface area contributed by atoms with E-state index >= 15 is 0 Å². The second-order valence-electron chi connectivity index (χ2n) is 6.84. The molecule has 0 saturated heterocycles. The third-order valence-corrected chi connectivity index (χ3v) is 6.52.